The Balaban J connectivity index is 1.49. The van der Waals surface area contributed by atoms with Crippen molar-refractivity contribution in [1.82, 2.24) is 15.2 Å². The molecule has 1 fully saturated rings. The molecular formula is C15H15N5OS2. The Kier molecular flexibility index (Phi) is 3.92. The van der Waals surface area contributed by atoms with Crippen LogP contribution in [0.3, 0.4) is 0 Å². The van der Waals surface area contributed by atoms with Crippen LogP contribution in [-0.2, 0) is 4.79 Å². The average Bonchev–Trinajstić information content (AvgIpc) is 3.24. The molecule has 0 bridgehead atoms. The third-order valence-electron chi connectivity index (χ3n) is 3.94. The molecule has 0 radical (unpaired) electrons. The number of anilines is 2. The van der Waals surface area contributed by atoms with E-state index in [1.165, 1.54) is 16.0 Å². The number of rotatable bonds is 3. The molecule has 23 heavy (non-hydrogen) atoms. The van der Waals surface area contributed by atoms with Gasteiger partial charge in [0.15, 0.2) is 5.13 Å². The van der Waals surface area contributed by atoms with Gasteiger partial charge in [0.25, 0.3) is 0 Å². The number of benzene rings is 1. The summed E-state index contributed by atoms with van der Waals surface area (Å²) in [5, 5.41) is 12.0. The quantitative estimate of drug-likeness (QED) is 0.790. The number of aromatic nitrogens is 3. The van der Waals surface area contributed by atoms with E-state index in [2.05, 4.69) is 26.5 Å². The van der Waals surface area contributed by atoms with Crippen LogP contribution < -0.4 is 10.2 Å². The van der Waals surface area contributed by atoms with Crippen molar-refractivity contribution in [2.45, 2.75) is 12.8 Å². The van der Waals surface area contributed by atoms with Crippen molar-refractivity contribution in [3.05, 3.63) is 29.8 Å². The zero-order valence-corrected chi connectivity index (χ0v) is 13.9. The fourth-order valence-electron chi connectivity index (χ4n) is 2.80. The molecule has 2 aromatic heterocycles. The molecule has 3 aromatic rings. The summed E-state index contributed by atoms with van der Waals surface area (Å²) >= 11 is 3.02. The number of thiazole rings is 1. The lowest BCUT2D eigenvalue weighted by Crippen LogP contribution is -2.40. The van der Waals surface area contributed by atoms with E-state index >= 15 is 0 Å². The Morgan fingerprint density at radius 2 is 2.26 bits per heavy atom. The number of nitrogens with one attached hydrogen (secondary N) is 1. The van der Waals surface area contributed by atoms with Crippen molar-refractivity contribution in [3.8, 4) is 0 Å². The molecule has 1 saturated heterocycles. The fraction of sp³-hybridized carbons (Fsp3) is 0.333. The lowest BCUT2D eigenvalue weighted by molar-refractivity contribution is -0.120. The van der Waals surface area contributed by atoms with Crippen LogP contribution in [0.25, 0.3) is 10.2 Å². The van der Waals surface area contributed by atoms with Crippen molar-refractivity contribution in [3.63, 3.8) is 0 Å². The number of fused-ring (bicyclic) bond motifs is 1. The summed E-state index contributed by atoms with van der Waals surface area (Å²) in [4.78, 5) is 19.3. The van der Waals surface area contributed by atoms with Gasteiger partial charge in [0, 0.05) is 13.1 Å². The van der Waals surface area contributed by atoms with Gasteiger partial charge in [0.1, 0.15) is 5.51 Å². The Morgan fingerprint density at radius 3 is 3.09 bits per heavy atom. The number of carbonyl (C=O) groups excluding carboxylic acids is 1. The van der Waals surface area contributed by atoms with E-state index < -0.39 is 0 Å². The molecule has 1 aliphatic rings. The number of hydrogen-bond donors (Lipinski definition) is 1. The van der Waals surface area contributed by atoms with Crippen molar-refractivity contribution in [2.24, 2.45) is 5.92 Å². The molecule has 0 unspecified atom stereocenters. The number of nitrogens with zero attached hydrogens (tertiary/aromatic N) is 4. The minimum atomic E-state index is -0.0420. The molecule has 1 atom stereocenters. The van der Waals surface area contributed by atoms with E-state index in [-0.39, 0.29) is 11.8 Å². The van der Waals surface area contributed by atoms with Gasteiger partial charge in [-0.05, 0) is 25.0 Å². The number of amides is 1. The highest BCUT2D eigenvalue weighted by molar-refractivity contribution is 7.22. The minimum Gasteiger partial charge on any atom is -0.347 e. The summed E-state index contributed by atoms with van der Waals surface area (Å²) in [6, 6.07) is 8.14. The number of carbonyl (C=O) groups is 1. The van der Waals surface area contributed by atoms with Crippen molar-refractivity contribution >= 4 is 49.1 Å². The second-order valence-electron chi connectivity index (χ2n) is 5.48. The maximum absolute atomic E-state index is 12.4. The van der Waals surface area contributed by atoms with Crippen LogP contribution in [0, 0.1) is 5.92 Å². The zero-order chi connectivity index (χ0) is 15.6. The molecule has 0 aliphatic carbocycles. The highest BCUT2D eigenvalue weighted by atomic mass is 32.1. The Labute approximate surface area is 141 Å². The van der Waals surface area contributed by atoms with Gasteiger partial charge in [0.2, 0.25) is 11.0 Å². The maximum Gasteiger partial charge on any atom is 0.231 e. The number of para-hydroxylation sites is 1. The zero-order valence-electron chi connectivity index (χ0n) is 12.3. The normalized spacial score (nSPS) is 18.3. The van der Waals surface area contributed by atoms with Crippen molar-refractivity contribution < 1.29 is 4.79 Å². The summed E-state index contributed by atoms with van der Waals surface area (Å²) in [7, 11) is 0. The number of piperidine rings is 1. The molecule has 8 heteroatoms. The first kappa shape index (κ1) is 14.5. The minimum absolute atomic E-state index is 0.0209. The smallest absolute Gasteiger partial charge is 0.231 e. The van der Waals surface area contributed by atoms with Crippen LogP contribution in [0.15, 0.2) is 29.8 Å². The summed E-state index contributed by atoms with van der Waals surface area (Å²) in [5.74, 6) is -0.0211. The van der Waals surface area contributed by atoms with Gasteiger partial charge < -0.3 is 10.2 Å². The van der Waals surface area contributed by atoms with Crippen LogP contribution in [-0.4, -0.2) is 34.2 Å². The summed E-state index contributed by atoms with van der Waals surface area (Å²) < 4.78 is 1.18. The van der Waals surface area contributed by atoms with Gasteiger partial charge in [-0.3, -0.25) is 4.79 Å². The first-order chi connectivity index (χ1) is 11.3. The summed E-state index contributed by atoms with van der Waals surface area (Å²) in [6.45, 7) is 1.65. The Morgan fingerprint density at radius 1 is 1.35 bits per heavy atom. The van der Waals surface area contributed by atoms with Crippen LogP contribution in [0.4, 0.5) is 10.3 Å². The van der Waals surface area contributed by atoms with Crippen molar-refractivity contribution in [1.29, 1.82) is 0 Å². The summed E-state index contributed by atoms with van der Waals surface area (Å²) in [5.41, 5.74) is 2.64. The number of hydrogen-bond acceptors (Lipinski definition) is 7. The molecule has 0 spiro atoms. The van der Waals surface area contributed by atoms with Gasteiger partial charge in [0.05, 0.1) is 16.1 Å². The molecular weight excluding hydrogens is 330 g/mol. The Hall–Kier alpha value is -2.06. The fourth-order valence-corrected chi connectivity index (χ4v) is 4.24. The molecule has 4 rings (SSSR count). The third kappa shape index (κ3) is 3.04. The first-order valence-electron chi connectivity index (χ1n) is 7.47. The van der Waals surface area contributed by atoms with Crippen LogP contribution >= 0.6 is 22.7 Å². The second-order valence-corrected chi connectivity index (χ2v) is 7.32. The topological polar surface area (TPSA) is 71.0 Å². The van der Waals surface area contributed by atoms with Gasteiger partial charge in [-0.25, -0.2) is 4.98 Å². The van der Waals surface area contributed by atoms with Crippen LogP contribution in [0.5, 0.6) is 0 Å². The predicted octanol–water partition coefficient (Wildman–Crippen LogP) is 3.00. The highest BCUT2D eigenvalue weighted by Gasteiger charge is 2.27. The second kappa shape index (κ2) is 6.21. The van der Waals surface area contributed by atoms with Gasteiger partial charge in [-0.2, -0.15) is 0 Å². The lowest BCUT2D eigenvalue weighted by Gasteiger charge is -2.31. The third-order valence-corrected chi connectivity index (χ3v) is 5.64. The van der Waals surface area contributed by atoms with E-state index in [0.29, 0.717) is 11.7 Å². The molecule has 1 aliphatic heterocycles. The van der Waals surface area contributed by atoms with Gasteiger partial charge in [-0.1, -0.05) is 34.8 Å². The molecule has 1 aromatic carbocycles. The molecule has 118 valence electrons. The first-order valence-corrected chi connectivity index (χ1v) is 9.17. The van der Waals surface area contributed by atoms with E-state index in [1.54, 1.807) is 16.8 Å². The van der Waals surface area contributed by atoms with Gasteiger partial charge in [-0.15, -0.1) is 10.2 Å². The van der Waals surface area contributed by atoms with Crippen LogP contribution in [0.2, 0.25) is 0 Å². The SMILES string of the molecule is O=C(Nc1nncs1)[C@H]1CCCN(c2nc3ccccc3s2)C1. The molecule has 3 heterocycles. The largest absolute Gasteiger partial charge is 0.347 e. The summed E-state index contributed by atoms with van der Waals surface area (Å²) in [6.07, 6.45) is 1.89. The highest BCUT2D eigenvalue weighted by Crippen LogP contribution is 2.31. The molecule has 6 nitrogen and oxygen atoms in total. The van der Waals surface area contributed by atoms with E-state index in [4.69, 9.17) is 4.98 Å². The van der Waals surface area contributed by atoms with E-state index in [9.17, 15) is 4.79 Å². The monoisotopic (exact) mass is 345 g/mol. The van der Waals surface area contributed by atoms with E-state index in [0.717, 1.165) is 30.0 Å². The molecule has 0 saturated carbocycles. The average molecular weight is 345 g/mol. The molecule has 1 amide bonds. The Bertz CT molecular complexity index is 783. The maximum atomic E-state index is 12.4. The lowest BCUT2D eigenvalue weighted by atomic mass is 9.98. The van der Waals surface area contributed by atoms with Gasteiger partial charge >= 0.3 is 0 Å². The van der Waals surface area contributed by atoms with Crippen LogP contribution in [0.1, 0.15) is 12.8 Å². The van der Waals surface area contributed by atoms with E-state index in [1.807, 2.05) is 18.2 Å². The van der Waals surface area contributed by atoms with Crippen molar-refractivity contribution in [2.75, 3.05) is 23.3 Å². The standard InChI is InChI=1S/C15H15N5OS2/c21-13(18-14-19-16-9-22-14)10-4-3-7-20(8-10)15-17-11-5-1-2-6-12(11)23-15/h1-2,5-6,9-10H,3-4,7-8H2,(H,18,19,21)/t10-/m0/s1. The molecule has 1 N–H and O–H groups in total. The predicted molar refractivity (Wildman–Crippen MR) is 93.1 cm³/mol.